The van der Waals surface area contributed by atoms with Gasteiger partial charge in [-0.2, -0.15) is 0 Å². The van der Waals surface area contributed by atoms with E-state index >= 15 is 0 Å². The molecule has 3 aromatic carbocycles. The van der Waals surface area contributed by atoms with E-state index in [-0.39, 0.29) is 5.41 Å². The third-order valence-corrected chi connectivity index (χ3v) is 9.50. The quantitative estimate of drug-likeness (QED) is 0.212. The molecule has 0 aliphatic carbocycles. The van der Waals surface area contributed by atoms with Gasteiger partial charge in [0, 0.05) is 26.6 Å². The van der Waals surface area contributed by atoms with E-state index in [1.807, 2.05) is 11.8 Å². The molecule has 0 N–H and O–H groups in total. The maximum absolute atomic E-state index is 6.59. The van der Waals surface area contributed by atoms with Gasteiger partial charge >= 0.3 is 0 Å². The summed E-state index contributed by atoms with van der Waals surface area (Å²) in [5, 5.41) is 7.83. The molecule has 4 heterocycles. The number of furan rings is 1. The second-order valence-electron chi connectivity index (χ2n) is 11.2. The molecule has 0 atom stereocenters. The van der Waals surface area contributed by atoms with Crippen molar-refractivity contribution in [2.45, 2.75) is 50.8 Å². The minimum atomic E-state index is 0.178. The molecule has 4 heteroatoms. The highest BCUT2D eigenvalue weighted by molar-refractivity contribution is 8.00. The summed E-state index contributed by atoms with van der Waals surface area (Å²) < 4.78 is 8.91. The van der Waals surface area contributed by atoms with Crippen LogP contribution in [0, 0.1) is 19.3 Å². The molecule has 1 aliphatic rings. The SMILES string of the molecule is Cc1cc2c(oc3c4c5c([n+](C)ccc5cc32)-c2c(c(CC(C)(C)C)c3ccccc3c2C)S4)s1. The molecule has 0 bridgehead atoms. The average molecular weight is 495 g/mol. The minimum Gasteiger partial charge on any atom is -0.444 e. The minimum absolute atomic E-state index is 0.178. The Morgan fingerprint density at radius 3 is 2.46 bits per heavy atom. The molecule has 0 fully saturated rings. The Hall–Kier alpha value is -2.82. The number of pyridine rings is 1. The van der Waals surface area contributed by atoms with Gasteiger partial charge in [0.1, 0.15) is 7.05 Å². The summed E-state index contributed by atoms with van der Waals surface area (Å²) in [6.45, 7) is 11.5. The predicted octanol–water partition coefficient (Wildman–Crippen LogP) is 9.12. The normalized spacial score (nSPS) is 13.4. The van der Waals surface area contributed by atoms with Crippen LogP contribution in [0.15, 0.2) is 62.9 Å². The molecule has 35 heavy (non-hydrogen) atoms. The van der Waals surface area contributed by atoms with Crippen molar-refractivity contribution in [2.24, 2.45) is 12.5 Å². The van der Waals surface area contributed by atoms with Gasteiger partial charge in [0.25, 0.3) is 0 Å². The summed E-state index contributed by atoms with van der Waals surface area (Å²) in [5.74, 6) is 0. The van der Waals surface area contributed by atoms with Gasteiger partial charge in [0.15, 0.2) is 16.7 Å². The first-order chi connectivity index (χ1) is 16.7. The first-order valence-corrected chi connectivity index (χ1v) is 13.8. The number of benzene rings is 3. The van der Waals surface area contributed by atoms with Crippen molar-refractivity contribution in [3.05, 3.63) is 64.7 Å². The Kier molecular flexibility index (Phi) is 4.36. The lowest BCUT2D eigenvalue weighted by Crippen LogP contribution is -2.32. The van der Waals surface area contributed by atoms with Gasteiger partial charge < -0.3 is 4.42 Å². The van der Waals surface area contributed by atoms with E-state index < -0.39 is 0 Å². The van der Waals surface area contributed by atoms with Crippen LogP contribution in [0.5, 0.6) is 0 Å². The van der Waals surface area contributed by atoms with E-state index in [1.54, 1.807) is 11.3 Å². The molecule has 3 aromatic heterocycles. The smallest absolute Gasteiger partial charge is 0.222 e. The van der Waals surface area contributed by atoms with E-state index in [2.05, 4.69) is 94.9 Å². The highest BCUT2D eigenvalue weighted by Crippen LogP contribution is 2.55. The van der Waals surface area contributed by atoms with E-state index in [4.69, 9.17) is 4.42 Å². The van der Waals surface area contributed by atoms with Gasteiger partial charge in [0.2, 0.25) is 5.69 Å². The number of fused-ring (bicyclic) bond motifs is 7. The summed E-state index contributed by atoms with van der Waals surface area (Å²) in [7, 11) is 2.19. The second-order valence-corrected chi connectivity index (χ2v) is 13.4. The summed E-state index contributed by atoms with van der Waals surface area (Å²) in [5.41, 5.74) is 6.74. The van der Waals surface area contributed by atoms with E-state index in [1.165, 1.54) is 69.4 Å². The maximum atomic E-state index is 6.59. The van der Waals surface area contributed by atoms with Crippen molar-refractivity contribution in [3.8, 4) is 11.3 Å². The van der Waals surface area contributed by atoms with E-state index in [0.29, 0.717) is 0 Å². The van der Waals surface area contributed by atoms with Crippen LogP contribution in [0.25, 0.3) is 54.1 Å². The average Bonchev–Trinajstić information content (AvgIpc) is 3.34. The van der Waals surface area contributed by atoms with Gasteiger partial charge in [-0.1, -0.05) is 56.8 Å². The molecule has 0 amide bonds. The molecule has 6 aromatic rings. The van der Waals surface area contributed by atoms with Crippen LogP contribution >= 0.6 is 23.1 Å². The predicted molar refractivity (Wildman–Crippen MR) is 150 cm³/mol. The van der Waals surface area contributed by atoms with Crippen molar-refractivity contribution in [1.82, 2.24) is 0 Å². The Morgan fingerprint density at radius 1 is 0.914 bits per heavy atom. The van der Waals surface area contributed by atoms with Gasteiger partial charge in [-0.3, -0.25) is 0 Å². The number of aryl methyl sites for hydroxylation is 3. The molecular formula is C31H28NOS2+. The molecule has 174 valence electrons. The summed E-state index contributed by atoms with van der Waals surface area (Å²) in [4.78, 5) is 4.99. The Balaban J connectivity index is 1.68. The number of hydrogen-bond acceptors (Lipinski definition) is 3. The van der Waals surface area contributed by atoms with E-state index in [9.17, 15) is 0 Å². The van der Waals surface area contributed by atoms with Crippen LogP contribution in [0.3, 0.4) is 0 Å². The fourth-order valence-corrected chi connectivity index (χ4v) is 8.18. The molecule has 1 aliphatic heterocycles. The summed E-state index contributed by atoms with van der Waals surface area (Å²) in [6, 6.07) is 15.8. The van der Waals surface area contributed by atoms with Gasteiger partial charge in [-0.15, -0.1) is 11.3 Å². The van der Waals surface area contributed by atoms with Gasteiger partial charge in [-0.05, 0) is 65.1 Å². The van der Waals surface area contributed by atoms with Crippen molar-refractivity contribution < 1.29 is 8.98 Å². The zero-order valence-electron chi connectivity index (χ0n) is 21.0. The molecule has 7 rings (SSSR count). The standard InChI is InChI=1S/C31H28NOS2/c1-16-13-22-21-14-18-11-12-32(6)26-24-17(2)19-9-7-8-10-20(19)23(15-31(3,4)5)28(24)35-29(25(18)26)27(21)33-30(22)34-16/h7-14H,15H2,1-6H3/q+1. The second kappa shape index (κ2) is 7.11. The van der Waals surface area contributed by atoms with Crippen molar-refractivity contribution in [3.63, 3.8) is 0 Å². The molecule has 0 spiro atoms. The fourth-order valence-electron chi connectivity index (χ4n) is 5.89. The van der Waals surface area contributed by atoms with Gasteiger partial charge in [0.05, 0.1) is 15.8 Å². The van der Waals surface area contributed by atoms with Crippen LogP contribution in [-0.4, -0.2) is 0 Å². The lowest BCUT2D eigenvalue weighted by atomic mass is 9.83. The largest absolute Gasteiger partial charge is 0.444 e. The zero-order valence-corrected chi connectivity index (χ0v) is 22.6. The first kappa shape index (κ1) is 21.5. The molecule has 2 nitrogen and oxygen atoms in total. The summed E-state index contributed by atoms with van der Waals surface area (Å²) >= 11 is 3.68. The Bertz CT molecular complexity index is 1860. The van der Waals surface area contributed by atoms with Crippen LogP contribution in [0.1, 0.15) is 36.8 Å². The zero-order chi connectivity index (χ0) is 24.2. The highest BCUT2D eigenvalue weighted by Gasteiger charge is 2.34. The highest BCUT2D eigenvalue weighted by atomic mass is 32.2. The monoisotopic (exact) mass is 494 g/mol. The number of rotatable bonds is 1. The number of aromatic nitrogens is 1. The Labute approximate surface area is 213 Å². The third kappa shape index (κ3) is 2.99. The van der Waals surface area contributed by atoms with Crippen molar-refractivity contribution >= 4 is 65.9 Å². The number of thiophene rings is 1. The molecule has 0 unspecified atom stereocenters. The molecular weight excluding hydrogens is 466 g/mol. The third-order valence-electron chi connectivity index (χ3n) is 7.32. The molecule has 0 saturated carbocycles. The molecule has 0 radical (unpaired) electrons. The number of nitrogens with zero attached hydrogens (tertiary/aromatic N) is 1. The van der Waals surface area contributed by atoms with Crippen molar-refractivity contribution in [2.75, 3.05) is 0 Å². The van der Waals surface area contributed by atoms with Crippen LogP contribution in [0.2, 0.25) is 0 Å². The summed E-state index contributed by atoms with van der Waals surface area (Å²) in [6.07, 6.45) is 3.25. The topological polar surface area (TPSA) is 17.0 Å². The van der Waals surface area contributed by atoms with Crippen LogP contribution < -0.4 is 4.57 Å². The lowest BCUT2D eigenvalue weighted by molar-refractivity contribution is -0.659. The van der Waals surface area contributed by atoms with Gasteiger partial charge in [-0.25, -0.2) is 4.57 Å². The molecule has 0 saturated heterocycles. The van der Waals surface area contributed by atoms with Crippen molar-refractivity contribution in [1.29, 1.82) is 0 Å². The number of hydrogen-bond donors (Lipinski definition) is 0. The van der Waals surface area contributed by atoms with Crippen LogP contribution in [-0.2, 0) is 13.5 Å². The van der Waals surface area contributed by atoms with E-state index in [0.717, 1.165) is 16.9 Å². The Morgan fingerprint density at radius 2 is 1.69 bits per heavy atom. The first-order valence-electron chi connectivity index (χ1n) is 12.2. The fraction of sp³-hybridized carbons (Fsp3) is 0.258. The maximum Gasteiger partial charge on any atom is 0.222 e. The van der Waals surface area contributed by atoms with Crippen LogP contribution in [0.4, 0.5) is 0 Å². The lowest BCUT2D eigenvalue weighted by Gasteiger charge is -2.27.